The number of para-hydroxylation sites is 1. The fourth-order valence-electron chi connectivity index (χ4n) is 9.50. The second-order valence-electron chi connectivity index (χ2n) is 15.5. The van der Waals surface area contributed by atoms with Crippen molar-refractivity contribution in [2.24, 2.45) is 0 Å². The van der Waals surface area contributed by atoms with Gasteiger partial charge < -0.3 is 9.30 Å². The van der Waals surface area contributed by atoms with Gasteiger partial charge in [0.25, 0.3) is 0 Å². The molecule has 2 aliphatic rings. The average molecular weight is 906 g/mol. The molecule has 0 atom stereocenters. The van der Waals surface area contributed by atoms with Crippen LogP contribution >= 0.6 is 0 Å². The summed E-state index contributed by atoms with van der Waals surface area (Å²) in [6, 6.07) is 37.4. The van der Waals surface area contributed by atoms with Gasteiger partial charge in [0.1, 0.15) is 5.82 Å². The first-order valence-electron chi connectivity index (χ1n) is 20.4. The van der Waals surface area contributed by atoms with E-state index in [9.17, 15) is 0 Å². The Morgan fingerprint density at radius 2 is 1.38 bits per heavy atom. The molecule has 6 heteroatoms. The Labute approximate surface area is 340 Å². The monoisotopic (exact) mass is 905 g/mol. The fourth-order valence-corrected chi connectivity index (χ4v) is 9.50. The Balaban J connectivity index is 0.00000427. The molecule has 2 fully saturated rings. The Bertz CT molecular complexity index is 2410. The van der Waals surface area contributed by atoms with Gasteiger partial charge in [-0.2, -0.15) is 17.2 Å². The van der Waals surface area contributed by atoms with Crippen LogP contribution in [0.3, 0.4) is 0 Å². The molecule has 0 saturated heterocycles. The molecular formula is C49H50N4OPt. The first-order chi connectivity index (χ1) is 26.6. The van der Waals surface area contributed by atoms with Gasteiger partial charge in [-0.25, -0.2) is 4.98 Å². The third-order valence-corrected chi connectivity index (χ3v) is 12.1. The van der Waals surface area contributed by atoms with Crippen molar-refractivity contribution in [1.82, 2.24) is 19.3 Å². The van der Waals surface area contributed by atoms with Crippen LogP contribution in [0.5, 0.6) is 11.5 Å². The Kier molecular flexibility index (Phi) is 11.1. The molecule has 0 spiro atoms. The van der Waals surface area contributed by atoms with Crippen molar-refractivity contribution in [3.63, 3.8) is 0 Å². The van der Waals surface area contributed by atoms with Crippen molar-refractivity contribution in [3.05, 3.63) is 131 Å². The molecule has 3 heterocycles. The summed E-state index contributed by atoms with van der Waals surface area (Å²) in [6.07, 6.45) is 16.8. The molecule has 2 saturated carbocycles. The van der Waals surface area contributed by atoms with Gasteiger partial charge >= 0.3 is 21.1 Å². The molecule has 0 amide bonds. The number of pyridine rings is 1. The van der Waals surface area contributed by atoms with E-state index in [1.54, 1.807) is 11.1 Å². The SMILES string of the molecule is CCc1nn(-c2[c-]c(Oc3[c-]c4c(cc3)c3ccccc3n4-c3cc(C)ccn3)ccc2)c(CC)c1-c1c(C2CCCCC2)cccc1C1CCCCC1.[Pt+2]. The van der Waals surface area contributed by atoms with Crippen LogP contribution in [0.25, 0.3) is 44.4 Å². The van der Waals surface area contributed by atoms with E-state index < -0.39 is 0 Å². The third kappa shape index (κ3) is 7.10. The predicted molar refractivity (Wildman–Crippen MR) is 220 cm³/mol. The van der Waals surface area contributed by atoms with Gasteiger partial charge in [-0.15, -0.1) is 35.7 Å². The van der Waals surface area contributed by atoms with Gasteiger partial charge in [0.05, 0.1) is 5.69 Å². The third-order valence-electron chi connectivity index (χ3n) is 12.1. The average Bonchev–Trinajstić information content (AvgIpc) is 3.76. The van der Waals surface area contributed by atoms with Gasteiger partial charge in [-0.05, 0) is 109 Å². The minimum absolute atomic E-state index is 0. The van der Waals surface area contributed by atoms with Gasteiger partial charge in [0, 0.05) is 34.5 Å². The van der Waals surface area contributed by atoms with Gasteiger partial charge in [-0.3, -0.25) is 4.68 Å². The Hall–Kier alpha value is -4.47. The van der Waals surface area contributed by atoms with E-state index in [1.165, 1.54) is 86.7 Å². The normalized spacial score (nSPS) is 15.4. The topological polar surface area (TPSA) is 44.9 Å². The maximum absolute atomic E-state index is 6.59. The first-order valence-corrected chi connectivity index (χ1v) is 20.4. The molecule has 5 nitrogen and oxygen atoms in total. The molecule has 0 radical (unpaired) electrons. The minimum atomic E-state index is 0. The summed E-state index contributed by atoms with van der Waals surface area (Å²) in [5.74, 6) is 3.38. The quantitative estimate of drug-likeness (QED) is 0.136. The maximum Gasteiger partial charge on any atom is 2.00 e. The van der Waals surface area contributed by atoms with E-state index in [-0.39, 0.29) is 21.1 Å². The molecule has 2 aliphatic carbocycles. The van der Waals surface area contributed by atoms with Crippen LogP contribution in [0.2, 0.25) is 0 Å². The molecule has 0 N–H and O–H groups in total. The van der Waals surface area contributed by atoms with Crippen LogP contribution in [-0.2, 0) is 33.9 Å². The molecule has 55 heavy (non-hydrogen) atoms. The second-order valence-corrected chi connectivity index (χ2v) is 15.5. The molecular weight excluding hydrogens is 856 g/mol. The minimum Gasteiger partial charge on any atom is -0.509 e. The largest absolute Gasteiger partial charge is 2.00 e. The molecule has 4 aromatic carbocycles. The van der Waals surface area contributed by atoms with E-state index >= 15 is 0 Å². The van der Waals surface area contributed by atoms with Crippen LogP contribution in [0.15, 0.2) is 91.1 Å². The molecule has 7 aromatic rings. The zero-order valence-corrected chi connectivity index (χ0v) is 34.6. The molecule has 282 valence electrons. The standard InChI is InChI=1S/C49H50N4O.Pt/c1-4-43-49(48-39(34-16-8-6-9-17-34)23-15-24-40(48)35-18-10-7-11-19-35)44(5-2)53(51-43)36-20-14-21-37(31-36)54-38-26-27-42-41-22-12-13-25-45(41)52(46(42)32-38)47-30-33(3)28-29-50-47;/h12-15,20-30,34-35H,4-11,16-19H2,1-3H3;/q-2;+2. The van der Waals surface area contributed by atoms with Gasteiger partial charge in [-0.1, -0.05) is 94.3 Å². The molecule has 0 aliphatic heterocycles. The summed E-state index contributed by atoms with van der Waals surface area (Å²) in [7, 11) is 0. The van der Waals surface area contributed by atoms with E-state index in [0.29, 0.717) is 23.3 Å². The van der Waals surface area contributed by atoms with Crippen molar-refractivity contribution in [2.75, 3.05) is 0 Å². The predicted octanol–water partition coefficient (Wildman–Crippen LogP) is 13.0. The zero-order chi connectivity index (χ0) is 36.6. The smallest absolute Gasteiger partial charge is 0.509 e. The van der Waals surface area contributed by atoms with E-state index in [1.807, 2.05) is 24.4 Å². The van der Waals surface area contributed by atoms with Gasteiger partial charge in [0.2, 0.25) is 0 Å². The van der Waals surface area contributed by atoms with Crippen LogP contribution in [0.1, 0.15) is 118 Å². The molecule has 3 aromatic heterocycles. The van der Waals surface area contributed by atoms with E-state index in [0.717, 1.165) is 51.7 Å². The summed E-state index contributed by atoms with van der Waals surface area (Å²) in [5, 5.41) is 7.67. The van der Waals surface area contributed by atoms with Crippen molar-refractivity contribution in [1.29, 1.82) is 0 Å². The summed E-state index contributed by atoms with van der Waals surface area (Å²) in [4.78, 5) is 4.75. The number of aromatic nitrogens is 4. The number of hydrogen-bond acceptors (Lipinski definition) is 3. The van der Waals surface area contributed by atoms with Gasteiger partial charge in [0.15, 0.2) is 0 Å². The molecule has 0 bridgehead atoms. The zero-order valence-electron chi connectivity index (χ0n) is 32.3. The number of nitrogens with zero attached hydrogens (tertiary/aromatic N) is 4. The summed E-state index contributed by atoms with van der Waals surface area (Å²) >= 11 is 0. The number of benzene rings is 4. The summed E-state index contributed by atoms with van der Waals surface area (Å²) < 4.78 is 10.9. The van der Waals surface area contributed by atoms with Crippen LogP contribution < -0.4 is 4.74 Å². The van der Waals surface area contributed by atoms with E-state index in [2.05, 4.69) is 109 Å². The van der Waals surface area contributed by atoms with Crippen molar-refractivity contribution < 1.29 is 25.8 Å². The molecule has 0 unspecified atom stereocenters. The first kappa shape index (κ1) is 37.5. The van der Waals surface area contributed by atoms with Crippen LogP contribution in [-0.4, -0.2) is 19.3 Å². The summed E-state index contributed by atoms with van der Waals surface area (Å²) in [5.41, 5.74) is 12.5. The Morgan fingerprint density at radius 3 is 2.07 bits per heavy atom. The van der Waals surface area contributed by atoms with E-state index in [4.69, 9.17) is 14.8 Å². The fraction of sp³-hybridized carbons (Fsp3) is 0.347. The maximum atomic E-state index is 6.59. The number of aryl methyl sites for hydroxylation is 2. The van der Waals surface area contributed by atoms with Crippen LogP contribution in [0.4, 0.5) is 0 Å². The van der Waals surface area contributed by atoms with Crippen molar-refractivity contribution in [3.8, 4) is 34.1 Å². The number of ether oxygens (including phenoxy) is 1. The Morgan fingerprint density at radius 1 is 0.691 bits per heavy atom. The molecule has 9 rings (SSSR count). The van der Waals surface area contributed by atoms with Crippen LogP contribution in [0, 0.1) is 19.1 Å². The second kappa shape index (κ2) is 16.3. The number of rotatable bonds is 9. The van der Waals surface area contributed by atoms with Crippen molar-refractivity contribution in [2.45, 2.75) is 110 Å². The number of hydrogen-bond donors (Lipinski definition) is 0. The summed E-state index contributed by atoms with van der Waals surface area (Å²) in [6.45, 7) is 6.65. The van der Waals surface area contributed by atoms with Crippen molar-refractivity contribution >= 4 is 21.8 Å². The number of fused-ring (bicyclic) bond motifs is 3.